The molecule has 1 saturated heterocycles. The molecule has 2 heterocycles. The molecule has 0 aliphatic carbocycles. The zero-order valence-electron chi connectivity index (χ0n) is 10.2. The summed E-state index contributed by atoms with van der Waals surface area (Å²) >= 11 is 0. The molecule has 1 fully saturated rings. The molecule has 0 saturated carbocycles. The monoisotopic (exact) mass is 233 g/mol. The van der Waals surface area contributed by atoms with Gasteiger partial charge in [0.1, 0.15) is 5.75 Å². The van der Waals surface area contributed by atoms with E-state index in [0.29, 0.717) is 0 Å². The summed E-state index contributed by atoms with van der Waals surface area (Å²) in [6.45, 7) is 3.70. The van der Waals surface area contributed by atoms with Crippen LogP contribution < -0.4 is 10.5 Å². The van der Waals surface area contributed by atoms with Gasteiger partial charge < -0.3 is 15.2 Å². The van der Waals surface area contributed by atoms with Gasteiger partial charge in [-0.2, -0.15) is 0 Å². The Kier molecular flexibility index (Phi) is 2.60. The topological polar surface area (TPSA) is 44.5 Å². The molecule has 3 heteroatoms. The standard InChI is InChI=1S/C14H19NO2/c1-14(7-3-8-17-14)13(15)11-5-2-4-10-6-9-16-12(10)11/h2,4-5,13H,3,6-9,15H2,1H3. The number of nitrogens with two attached hydrogens (primary N) is 1. The normalized spacial score (nSPS) is 28.8. The van der Waals surface area contributed by atoms with Crippen molar-refractivity contribution in [1.82, 2.24) is 0 Å². The quantitative estimate of drug-likeness (QED) is 0.851. The van der Waals surface area contributed by atoms with Gasteiger partial charge in [-0.15, -0.1) is 0 Å². The van der Waals surface area contributed by atoms with Crippen LogP contribution in [0.1, 0.15) is 36.9 Å². The van der Waals surface area contributed by atoms with Crippen molar-refractivity contribution >= 4 is 0 Å². The van der Waals surface area contributed by atoms with Crippen molar-refractivity contribution in [2.45, 2.75) is 37.8 Å². The van der Waals surface area contributed by atoms with Crippen LogP contribution in [-0.2, 0) is 11.2 Å². The van der Waals surface area contributed by atoms with E-state index in [1.165, 1.54) is 5.56 Å². The van der Waals surface area contributed by atoms with Crippen molar-refractivity contribution in [1.29, 1.82) is 0 Å². The number of hydrogen-bond donors (Lipinski definition) is 1. The van der Waals surface area contributed by atoms with Gasteiger partial charge in [-0.1, -0.05) is 18.2 Å². The fourth-order valence-electron chi connectivity index (χ4n) is 2.86. The molecule has 0 amide bonds. The van der Waals surface area contributed by atoms with E-state index in [1.54, 1.807) is 0 Å². The van der Waals surface area contributed by atoms with Crippen LogP contribution in [-0.4, -0.2) is 18.8 Å². The Hall–Kier alpha value is -1.06. The Morgan fingerprint density at radius 2 is 2.24 bits per heavy atom. The summed E-state index contributed by atoms with van der Waals surface area (Å²) in [5, 5.41) is 0. The lowest BCUT2D eigenvalue weighted by atomic mass is 9.87. The molecule has 1 aromatic carbocycles. The minimum Gasteiger partial charge on any atom is -0.493 e. The summed E-state index contributed by atoms with van der Waals surface area (Å²) in [6, 6.07) is 6.16. The van der Waals surface area contributed by atoms with Crippen molar-refractivity contribution in [2.75, 3.05) is 13.2 Å². The molecule has 3 nitrogen and oxygen atoms in total. The van der Waals surface area contributed by atoms with Crippen LogP contribution in [0.2, 0.25) is 0 Å². The Bertz CT molecular complexity index is 424. The first-order chi connectivity index (χ1) is 8.21. The highest BCUT2D eigenvalue weighted by molar-refractivity contribution is 5.46. The molecule has 92 valence electrons. The summed E-state index contributed by atoms with van der Waals surface area (Å²) in [5.41, 5.74) is 8.55. The molecular formula is C14H19NO2. The maximum absolute atomic E-state index is 6.40. The van der Waals surface area contributed by atoms with Crippen molar-refractivity contribution < 1.29 is 9.47 Å². The summed E-state index contributed by atoms with van der Waals surface area (Å²) in [7, 11) is 0. The lowest BCUT2D eigenvalue weighted by Gasteiger charge is -2.31. The predicted octanol–water partition coefficient (Wildman–Crippen LogP) is 2.19. The van der Waals surface area contributed by atoms with E-state index in [4.69, 9.17) is 15.2 Å². The van der Waals surface area contributed by atoms with E-state index in [1.807, 2.05) is 0 Å². The third-order valence-corrected chi connectivity index (χ3v) is 3.99. The third kappa shape index (κ3) is 1.74. The van der Waals surface area contributed by atoms with Crippen LogP contribution in [0.5, 0.6) is 5.75 Å². The summed E-state index contributed by atoms with van der Waals surface area (Å²) in [5.74, 6) is 0.997. The Labute approximate surface area is 102 Å². The Morgan fingerprint density at radius 3 is 3.00 bits per heavy atom. The van der Waals surface area contributed by atoms with Crippen LogP contribution in [0, 0.1) is 0 Å². The predicted molar refractivity (Wildman–Crippen MR) is 66.2 cm³/mol. The van der Waals surface area contributed by atoms with Gasteiger partial charge in [0.05, 0.1) is 18.2 Å². The minimum absolute atomic E-state index is 0.0990. The molecule has 1 aromatic rings. The van der Waals surface area contributed by atoms with Crippen LogP contribution in [0.4, 0.5) is 0 Å². The highest BCUT2D eigenvalue weighted by Crippen LogP contribution is 2.41. The molecule has 17 heavy (non-hydrogen) atoms. The molecule has 0 radical (unpaired) electrons. The number of rotatable bonds is 2. The van der Waals surface area contributed by atoms with Crippen molar-refractivity contribution in [3.63, 3.8) is 0 Å². The van der Waals surface area contributed by atoms with E-state index >= 15 is 0 Å². The molecule has 0 aromatic heterocycles. The smallest absolute Gasteiger partial charge is 0.127 e. The lowest BCUT2D eigenvalue weighted by Crippen LogP contribution is -2.37. The van der Waals surface area contributed by atoms with Gasteiger partial charge in [-0.25, -0.2) is 0 Å². The Morgan fingerprint density at radius 1 is 1.35 bits per heavy atom. The van der Waals surface area contributed by atoms with Gasteiger partial charge in [-0.3, -0.25) is 0 Å². The highest BCUT2D eigenvalue weighted by atomic mass is 16.5. The summed E-state index contributed by atoms with van der Waals surface area (Å²) in [4.78, 5) is 0. The van der Waals surface area contributed by atoms with Gasteiger partial charge in [0.15, 0.2) is 0 Å². The van der Waals surface area contributed by atoms with E-state index < -0.39 is 0 Å². The van der Waals surface area contributed by atoms with E-state index in [9.17, 15) is 0 Å². The second-order valence-electron chi connectivity index (χ2n) is 5.18. The highest BCUT2D eigenvalue weighted by Gasteiger charge is 2.39. The minimum atomic E-state index is -0.235. The molecular weight excluding hydrogens is 214 g/mol. The zero-order valence-corrected chi connectivity index (χ0v) is 10.2. The molecule has 2 N–H and O–H groups in total. The average molecular weight is 233 g/mol. The number of fused-ring (bicyclic) bond motifs is 1. The molecule has 2 unspecified atom stereocenters. The SMILES string of the molecule is CC1(C(N)c2cccc3c2OCC3)CCCO1. The molecule has 2 aliphatic rings. The van der Waals surface area contributed by atoms with Gasteiger partial charge in [0, 0.05) is 18.6 Å². The van der Waals surface area contributed by atoms with E-state index in [-0.39, 0.29) is 11.6 Å². The van der Waals surface area contributed by atoms with E-state index in [0.717, 1.165) is 43.8 Å². The average Bonchev–Trinajstić information content (AvgIpc) is 2.96. The summed E-state index contributed by atoms with van der Waals surface area (Å²) < 4.78 is 11.6. The van der Waals surface area contributed by atoms with Gasteiger partial charge in [0.2, 0.25) is 0 Å². The van der Waals surface area contributed by atoms with Gasteiger partial charge in [-0.05, 0) is 25.3 Å². The van der Waals surface area contributed by atoms with Crippen LogP contribution in [0.15, 0.2) is 18.2 Å². The molecule has 2 atom stereocenters. The molecule has 0 bridgehead atoms. The second-order valence-corrected chi connectivity index (χ2v) is 5.18. The first kappa shape index (κ1) is 11.1. The van der Waals surface area contributed by atoms with Crippen molar-refractivity contribution in [3.8, 4) is 5.75 Å². The second kappa shape index (κ2) is 4.00. The van der Waals surface area contributed by atoms with E-state index in [2.05, 4.69) is 25.1 Å². The maximum Gasteiger partial charge on any atom is 0.127 e. The molecule has 2 aliphatic heterocycles. The van der Waals surface area contributed by atoms with Crippen LogP contribution in [0.25, 0.3) is 0 Å². The first-order valence-corrected chi connectivity index (χ1v) is 6.35. The third-order valence-electron chi connectivity index (χ3n) is 3.99. The largest absolute Gasteiger partial charge is 0.493 e. The number of benzene rings is 1. The Balaban J connectivity index is 1.96. The molecule has 3 rings (SSSR count). The first-order valence-electron chi connectivity index (χ1n) is 6.35. The number of ether oxygens (including phenoxy) is 2. The number of hydrogen-bond acceptors (Lipinski definition) is 3. The molecule has 0 spiro atoms. The number of para-hydroxylation sites is 1. The van der Waals surface area contributed by atoms with Crippen LogP contribution in [0.3, 0.4) is 0 Å². The van der Waals surface area contributed by atoms with Crippen molar-refractivity contribution in [2.24, 2.45) is 5.73 Å². The van der Waals surface area contributed by atoms with Gasteiger partial charge in [0.25, 0.3) is 0 Å². The zero-order chi connectivity index (χ0) is 11.9. The summed E-state index contributed by atoms with van der Waals surface area (Å²) in [6.07, 6.45) is 3.12. The lowest BCUT2D eigenvalue weighted by molar-refractivity contribution is -0.00227. The fraction of sp³-hybridized carbons (Fsp3) is 0.571. The fourth-order valence-corrected chi connectivity index (χ4v) is 2.86. The van der Waals surface area contributed by atoms with Crippen molar-refractivity contribution in [3.05, 3.63) is 29.3 Å². The maximum atomic E-state index is 6.40. The van der Waals surface area contributed by atoms with Gasteiger partial charge >= 0.3 is 0 Å². The van der Waals surface area contributed by atoms with Crippen LogP contribution >= 0.6 is 0 Å².